The maximum absolute atomic E-state index is 13.1. The summed E-state index contributed by atoms with van der Waals surface area (Å²) in [6.45, 7) is 0. The van der Waals surface area contributed by atoms with Gasteiger partial charge in [-0.2, -0.15) is 4.39 Å². The van der Waals surface area contributed by atoms with Crippen LogP contribution in [0, 0.1) is 5.95 Å². The Morgan fingerprint density at radius 1 is 0.684 bits per heavy atom. The van der Waals surface area contributed by atoms with Crippen LogP contribution in [0.15, 0.2) is 60.9 Å². The zero-order valence-corrected chi connectivity index (χ0v) is 9.99. The Balaban J connectivity index is 2.06. The van der Waals surface area contributed by atoms with Crippen LogP contribution in [0.5, 0.6) is 0 Å². The number of nitrogens with zero attached hydrogens (tertiary/aromatic N) is 3. The van der Waals surface area contributed by atoms with E-state index in [0.29, 0.717) is 11.4 Å². The molecular formula is C15H10FN3. The van der Waals surface area contributed by atoms with Crippen molar-refractivity contribution in [3.05, 3.63) is 66.9 Å². The van der Waals surface area contributed by atoms with Crippen molar-refractivity contribution >= 4 is 0 Å². The number of halogens is 1. The van der Waals surface area contributed by atoms with E-state index >= 15 is 0 Å². The lowest BCUT2D eigenvalue weighted by Gasteiger charge is -2.03. The molecule has 0 saturated heterocycles. The lowest BCUT2D eigenvalue weighted by Crippen LogP contribution is -1.93. The van der Waals surface area contributed by atoms with Crippen LogP contribution in [0.1, 0.15) is 0 Å². The first-order chi connectivity index (χ1) is 9.33. The van der Waals surface area contributed by atoms with E-state index in [2.05, 4.69) is 15.0 Å². The smallest absolute Gasteiger partial charge is 0.213 e. The van der Waals surface area contributed by atoms with Gasteiger partial charge in [-0.3, -0.25) is 4.98 Å². The molecule has 4 heteroatoms. The molecule has 3 nitrogen and oxygen atoms in total. The number of pyridine rings is 1. The van der Waals surface area contributed by atoms with Crippen molar-refractivity contribution in [3.8, 4) is 22.6 Å². The lowest BCUT2D eigenvalue weighted by molar-refractivity contribution is 0.585. The zero-order valence-electron chi connectivity index (χ0n) is 9.99. The van der Waals surface area contributed by atoms with Gasteiger partial charge in [-0.15, -0.1) is 0 Å². The van der Waals surface area contributed by atoms with E-state index in [4.69, 9.17) is 0 Å². The summed E-state index contributed by atoms with van der Waals surface area (Å²) < 4.78 is 13.1. The molecule has 0 N–H and O–H groups in total. The first kappa shape index (κ1) is 11.5. The second kappa shape index (κ2) is 4.94. The molecule has 0 unspecified atom stereocenters. The van der Waals surface area contributed by atoms with Gasteiger partial charge in [-0.1, -0.05) is 36.4 Å². The third-order valence-electron chi connectivity index (χ3n) is 2.68. The highest BCUT2D eigenvalue weighted by Gasteiger charge is 2.05. The summed E-state index contributed by atoms with van der Waals surface area (Å²) in [4.78, 5) is 12.4. The summed E-state index contributed by atoms with van der Waals surface area (Å²) in [5.74, 6) is -0.524. The molecular weight excluding hydrogens is 241 g/mol. The molecule has 0 aliphatic rings. The molecule has 3 rings (SSSR count). The van der Waals surface area contributed by atoms with Crippen LogP contribution in [-0.4, -0.2) is 15.0 Å². The highest BCUT2D eigenvalue weighted by atomic mass is 19.1. The van der Waals surface area contributed by atoms with Gasteiger partial charge in [0.15, 0.2) is 0 Å². The maximum atomic E-state index is 13.1. The molecule has 0 atom stereocenters. The van der Waals surface area contributed by atoms with Gasteiger partial charge in [-0.05, 0) is 12.1 Å². The second-order valence-corrected chi connectivity index (χ2v) is 4.00. The summed E-state index contributed by atoms with van der Waals surface area (Å²) >= 11 is 0. The van der Waals surface area contributed by atoms with E-state index < -0.39 is 5.95 Å². The fourth-order valence-electron chi connectivity index (χ4n) is 1.79. The Morgan fingerprint density at radius 2 is 1.47 bits per heavy atom. The molecule has 2 aromatic heterocycles. The van der Waals surface area contributed by atoms with Gasteiger partial charge in [0.2, 0.25) is 5.95 Å². The number of hydrogen-bond donors (Lipinski definition) is 0. The zero-order chi connectivity index (χ0) is 13.1. The molecule has 92 valence electrons. The molecule has 0 amide bonds. The molecule has 2 heterocycles. The summed E-state index contributed by atoms with van der Waals surface area (Å²) in [7, 11) is 0. The predicted octanol–water partition coefficient (Wildman–Crippen LogP) is 3.34. The second-order valence-electron chi connectivity index (χ2n) is 4.00. The Morgan fingerprint density at radius 3 is 2.26 bits per heavy atom. The third kappa shape index (κ3) is 2.47. The fraction of sp³-hybridized carbons (Fsp3) is 0. The summed E-state index contributed by atoms with van der Waals surface area (Å²) in [6.07, 6.45) is 3.26. The quantitative estimate of drug-likeness (QED) is 0.656. The van der Waals surface area contributed by atoms with Crippen molar-refractivity contribution in [2.24, 2.45) is 0 Å². The molecule has 1 aromatic carbocycles. The first-order valence-electron chi connectivity index (χ1n) is 5.83. The molecule has 0 spiro atoms. The molecule has 0 fully saturated rings. The van der Waals surface area contributed by atoms with E-state index in [1.807, 2.05) is 30.3 Å². The van der Waals surface area contributed by atoms with Crippen LogP contribution < -0.4 is 0 Å². The van der Waals surface area contributed by atoms with E-state index in [0.717, 1.165) is 11.3 Å². The van der Waals surface area contributed by atoms with Crippen molar-refractivity contribution in [3.63, 3.8) is 0 Å². The Bertz CT molecular complexity index is 699. The van der Waals surface area contributed by atoms with Gasteiger partial charge < -0.3 is 0 Å². The van der Waals surface area contributed by atoms with Crippen molar-refractivity contribution in [1.29, 1.82) is 0 Å². The van der Waals surface area contributed by atoms with Gasteiger partial charge in [0.25, 0.3) is 0 Å². The van der Waals surface area contributed by atoms with Gasteiger partial charge in [-0.25, -0.2) is 9.97 Å². The minimum atomic E-state index is -0.524. The highest BCUT2D eigenvalue weighted by Crippen LogP contribution is 2.19. The molecule has 0 aliphatic heterocycles. The normalized spacial score (nSPS) is 10.4. The van der Waals surface area contributed by atoms with Gasteiger partial charge in [0.05, 0.1) is 23.8 Å². The fourth-order valence-corrected chi connectivity index (χ4v) is 1.79. The Hall–Kier alpha value is -2.62. The van der Waals surface area contributed by atoms with Crippen molar-refractivity contribution in [2.75, 3.05) is 0 Å². The Kier molecular flexibility index (Phi) is 2.98. The number of rotatable bonds is 2. The van der Waals surface area contributed by atoms with E-state index in [1.165, 1.54) is 6.07 Å². The molecule has 0 radical (unpaired) electrons. The summed E-state index contributed by atoms with van der Waals surface area (Å²) in [5, 5.41) is 0. The van der Waals surface area contributed by atoms with Gasteiger partial charge >= 0.3 is 0 Å². The monoisotopic (exact) mass is 251 g/mol. The molecule has 3 aromatic rings. The maximum Gasteiger partial charge on any atom is 0.213 e. The van der Waals surface area contributed by atoms with Crippen LogP contribution >= 0.6 is 0 Å². The van der Waals surface area contributed by atoms with Crippen LogP contribution in [0.2, 0.25) is 0 Å². The van der Waals surface area contributed by atoms with Crippen LogP contribution in [0.3, 0.4) is 0 Å². The molecule has 0 saturated carbocycles. The topological polar surface area (TPSA) is 38.7 Å². The first-order valence-corrected chi connectivity index (χ1v) is 5.83. The molecule has 0 bridgehead atoms. The highest BCUT2D eigenvalue weighted by molar-refractivity contribution is 5.62. The number of aromatic nitrogens is 3. The SMILES string of the molecule is Fc1cccc(-c2cncc(-c3ccccc3)n2)n1. The third-order valence-corrected chi connectivity index (χ3v) is 2.68. The van der Waals surface area contributed by atoms with Gasteiger partial charge in [0, 0.05) is 5.56 Å². The van der Waals surface area contributed by atoms with Crippen LogP contribution in [0.4, 0.5) is 4.39 Å². The summed E-state index contributed by atoms with van der Waals surface area (Å²) in [5.41, 5.74) is 2.74. The largest absolute Gasteiger partial charge is 0.260 e. The van der Waals surface area contributed by atoms with Gasteiger partial charge in [0.1, 0.15) is 5.69 Å². The minimum Gasteiger partial charge on any atom is -0.260 e. The van der Waals surface area contributed by atoms with Crippen molar-refractivity contribution in [1.82, 2.24) is 15.0 Å². The average molecular weight is 251 g/mol. The average Bonchev–Trinajstić information content (AvgIpc) is 2.48. The molecule has 0 aliphatic carbocycles. The minimum absolute atomic E-state index is 0.477. The lowest BCUT2D eigenvalue weighted by atomic mass is 10.1. The van der Waals surface area contributed by atoms with E-state index in [9.17, 15) is 4.39 Å². The standard InChI is InChI=1S/C15H10FN3/c16-15-8-4-7-12(19-15)14-10-17-9-13(18-14)11-5-2-1-3-6-11/h1-10H. The molecule has 19 heavy (non-hydrogen) atoms. The Labute approximate surface area is 109 Å². The van der Waals surface area contributed by atoms with Crippen molar-refractivity contribution < 1.29 is 4.39 Å². The number of hydrogen-bond acceptors (Lipinski definition) is 3. The van der Waals surface area contributed by atoms with Crippen LogP contribution in [-0.2, 0) is 0 Å². The predicted molar refractivity (Wildman–Crippen MR) is 70.7 cm³/mol. The van der Waals surface area contributed by atoms with E-state index in [-0.39, 0.29) is 0 Å². The summed E-state index contributed by atoms with van der Waals surface area (Å²) in [6, 6.07) is 14.3. The number of benzene rings is 1. The van der Waals surface area contributed by atoms with Crippen molar-refractivity contribution in [2.45, 2.75) is 0 Å². The van der Waals surface area contributed by atoms with Crippen LogP contribution in [0.25, 0.3) is 22.6 Å². The van der Waals surface area contributed by atoms with E-state index in [1.54, 1.807) is 24.5 Å².